The molecule has 80 valence electrons. The van der Waals surface area contributed by atoms with E-state index in [-0.39, 0.29) is 6.04 Å². The first-order valence-corrected chi connectivity index (χ1v) is 5.55. The van der Waals surface area contributed by atoms with Crippen molar-refractivity contribution in [1.82, 2.24) is 4.98 Å². The summed E-state index contributed by atoms with van der Waals surface area (Å²) in [5.41, 5.74) is 8.62. The number of benzene rings is 1. The first kappa shape index (κ1) is 10.2. The molecule has 2 rings (SSSR count). The van der Waals surface area contributed by atoms with Crippen molar-refractivity contribution in [3.63, 3.8) is 0 Å². The average Bonchev–Trinajstić information content (AvgIpc) is 2.70. The summed E-state index contributed by atoms with van der Waals surface area (Å²) in [4.78, 5) is 3.29. The number of nitrogens with one attached hydrogen (secondary N) is 1. The minimum Gasteiger partial charge on any atom is -0.361 e. The number of aromatic amines is 1. The summed E-state index contributed by atoms with van der Waals surface area (Å²) in [6.45, 7) is 4.33. The largest absolute Gasteiger partial charge is 0.361 e. The minimum absolute atomic E-state index is 0.240. The molecule has 0 saturated heterocycles. The Hall–Kier alpha value is -1.28. The van der Waals surface area contributed by atoms with E-state index in [9.17, 15) is 0 Å². The van der Waals surface area contributed by atoms with E-state index in [1.807, 2.05) is 6.07 Å². The van der Waals surface area contributed by atoms with E-state index < -0.39 is 0 Å². The van der Waals surface area contributed by atoms with E-state index in [0.717, 1.165) is 6.42 Å². The number of aromatic nitrogens is 1. The number of hydrogen-bond acceptors (Lipinski definition) is 1. The molecule has 0 aliphatic rings. The number of nitrogens with two attached hydrogens (primary N) is 1. The van der Waals surface area contributed by atoms with Gasteiger partial charge in [-0.2, -0.15) is 0 Å². The van der Waals surface area contributed by atoms with Crippen LogP contribution in [0.2, 0.25) is 0 Å². The summed E-state index contributed by atoms with van der Waals surface area (Å²) in [5, 5.41) is 1.30. The van der Waals surface area contributed by atoms with Crippen LogP contribution in [0.15, 0.2) is 30.5 Å². The van der Waals surface area contributed by atoms with Gasteiger partial charge in [-0.3, -0.25) is 0 Å². The zero-order valence-electron chi connectivity index (χ0n) is 9.33. The predicted molar refractivity (Wildman–Crippen MR) is 65.0 cm³/mol. The Balaban J connectivity index is 2.43. The van der Waals surface area contributed by atoms with Crippen LogP contribution in [-0.4, -0.2) is 11.0 Å². The third-order valence-corrected chi connectivity index (χ3v) is 3.23. The van der Waals surface area contributed by atoms with Crippen LogP contribution >= 0.6 is 0 Å². The Morgan fingerprint density at radius 1 is 1.33 bits per heavy atom. The Bertz CT molecular complexity index is 444. The van der Waals surface area contributed by atoms with Crippen molar-refractivity contribution in [3.8, 4) is 0 Å². The van der Waals surface area contributed by atoms with Gasteiger partial charge in [0.25, 0.3) is 0 Å². The van der Waals surface area contributed by atoms with Gasteiger partial charge in [0.2, 0.25) is 0 Å². The molecule has 0 radical (unpaired) electrons. The highest BCUT2D eigenvalue weighted by molar-refractivity contribution is 5.83. The Labute approximate surface area is 90.5 Å². The lowest BCUT2D eigenvalue weighted by atomic mass is 9.92. The molecular weight excluding hydrogens is 184 g/mol. The Kier molecular flexibility index (Phi) is 2.78. The van der Waals surface area contributed by atoms with Gasteiger partial charge in [0.15, 0.2) is 0 Å². The molecule has 0 saturated carbocycles. The second-order valence-electron chi connectivity index (χ2n) is 4.15. The van der Waals surface area contributed by atoms with Gasteiger partial charge in [0.1, 0.15) is 0 Å². The lowest BCUT2D eigenvalue weighted by Crippen LogP contribution is -2.25. The fraction of sp³-hybridized carbons (Fsp3) is 0.385. The molecule has 0 aliphatic carbocycles. The van der Waals surface area contributed by atoms with Gasteiger partial charge in [0, 0.05) is 23.1 Å². The van der Waals surface area contributed by atoms with Crippen molar-refractivity contribution in [2.45, 2.75) is 32.2 Å². The van der Waals surface area contributed by atoms with Crippen LogP contribution in [0, 0.1) is 0 Å². The third-order valence-electron chi connectivity index (χ3n) is 3.23. The summed E-state index contributed by atoms with van der Waals surface area (Å²) in [6.07, 6.45) is 3.10. The standard InChI is InChI=1S/C13H18N2/c1-3-12(14)9(2)11-8-15-13-7-5-4-6-10(11)13/h4-9,12,15H,3,14H2,1-2H3. The summed E-state index contributed by atoms with van der Waals surface area (Å²) < 4.78 is 0. The highest BCUT2D eigenvalue weighted by Gasteiger charge is 2.16. The average molecular weight is 202 g/mol. The number of H-pyrrole nitrogens is 1. The van der Waals surface area contributed by atoms with Gasteiger partial charge in [-0.1, -0.05) is 32.0 Å². The zero-order chi connectivity index (χ0) is 10.8. The minimum atomic E-state index is 0.240. The van der Waals surface area contributed by atoms with Crippen molar-refractivity contribution >= 4 is 10.9 Å². The molecule has 2 heteroatoms. The monoisotopic (exact) mass is 202 g/mol. The van der Waals surface area contributed by atoms with E-state index in [2.05, 4.69) is 43.2 Å². The number of fused-ring (bicyclic) bond motifs is 1. The van der Waals surface area contributed by atoms with Crippen molar-refractivity contribution in [2.24, 2.45) is 5.73 Å². The number of rotatable bonds is 3. The van der Waals surface area contributed by atoms with E-state index in [0.29, 0.717) is 5.92 Å². The van der Waals surface area contributed by atoms with Crippen LogP contribution in [0.4, 0.5) is 0 Å². The zero-order valence-corrected chi connectivity index (χ0v) is 9.33. The van der Waals surface area contributed by atoms with E-state index in [4.69, 9.17) is 5.73 Å². The lowest BCUT2D eigenvalue weighted by molar-refractivity contribution is 0.554. The van der Waals surface area contributed by atoms with Gasteiger partial charge in [-0.15, -0.1) is 0 Å². The highest BCUT2D eigenvalue weighted by atomic mass is 14.7. The summed E-state index contributed by atoms with van der Waals surface area (Å²) in [5.74, 6) is 0.408. The molecule has 1 aromatic carbocycles. The van der Waals surface area contributed by atoms with E-state index in [1.54, 1.807) is 0 Å². The Morgan fingerprint density at radius 3 is 2.80 bits per heavy atom. The van der Waals surface area contributed by atoms with Crippen molar-refractivity contribution < 1.29 is 0 Å². The molecule has 0 amide bonds. The molecule has 2 atom stereocenters. The third kappa shape index (κ3) is 1.77. The van der Waals surface area contributed by atoms with E-state index >= 15 is 0 Å². The number of para-hydroxylation sites is 1. The normalized spacial score (nSPS) is 15.4. The second-order valence-corrected chi connectivity index (χ2v) is 4.15. The molecule has 0 aliphatic heterocycles. The Morgan fingerprint density at radius 2 is 2.07 bits per heavy atom. The summed E-state index contributed by atoms with van der Waals surface area (Å²) >= 11 is 0. The fourth-order valence-corrected chi connectivity index (χ4v) is 2.05. The van der Waals surface area contributed by atoms with Gasteiger partial charge >= 0.3 is 0 Å². The van der Waals surface area contributed by atoms with Crippen molar-refractivity contribution in [1.29, 1.82) is 0 Å². The molecule has 3 N–H and O–H groups in total. The predicted octanol–water partition coefficient (Wildman–Crippen LogP) is 3.01. The quantitative estimate of drug-likeness (QED) is 0.789. The second kappa shape index (κ2) is 4.07. The topological polar surface area (TPSA) is 41.8 Å². The van der Waals surface area contributed by atoms with Gasteiger partial charge < -0.3 is 10.7 Å². The fourth-order valence-electron chi connectivity index (χ4n) is 2.05. The smallest absolute Gasteiger partial charge is 0.0456 e. The maximum Gasteiger partial charge on any atom is 0.0456 e. The molecule has 15 heavy (non-hydrogen) atoms. The number of hydrogen-bond donors (Lipinski definition) is 2. The first-order chi connectivity index (χ1) is 7.24. The van der Waals surface area contributed by atoms with Crippen LogP contribution in [0.1, 0.15) is 31.7 Å². The molecule has 2 nitrogen and oxygen atoms in total. The molecule has 0 bridgehead atoms. The SMILES string of the molecule is CCC(N)C(C)c1c[nH]c2ccccc12. The van der Waals surface area contributed by atoms with Crippen LogP contribution in [-0.2, 0) is 0 Å². The van der Waals surface area contributed by atoms with Gasteiger partial charge in [-0.25, -0.2) is 0 Å². The van der Waals surface area contributed by atoms with Gasteiger partial charge in [0.05, 0.1) is 0 Å². The summed E-state index contributed by atoms with van der Waals surface area (Å²) in [6, 6.07) is 8.61. The lowest BCUT2D eigenvalue weighted by Gasteiger charge is -2.17. The molecule has 0 spiro atoms. The molecule has 2 aromatic rings. The maximum absolute atomic E-state index is 6.08. The van der Waals surface area contributed by atoms with Gasteiger partial charge in [-0.05, 0) is 24.0 Å². The highest BCUT2D eigenvalue weighted by Crippen LogP contribution is 2.27. The van der Waals surface area contributed by atoms with Crippen LogP contribution in [0.25, 0.3) is 10.9 Å². The molecule has 1 aromatic heterocycles. The van der Waals surface area contributed by atoms with Crippen molar-refractivity contribution in [2.75, 3.05) is 0 Å². The first-order valence-electron chi connectivity index (χ1n) is 5.55. The van der Waals surface area contributed by atoms with Crippen LogP contribution < -0.4 is 5.73 Å². The molecule has 1 heterocycles. The molecule has 2 unspecified atom stereocenters. The van der Waals surface area contributed by atoms with Crippen LogP contribution in [0.5, 0.6) is 0 Å². The summed E-state index contributed by atoms with van der Waals surface area (Å²) in [7, 11) is 0. The van der Waals surface area contributed by atoms with Crippen molar-refractivity contribution in [3.05, 3.63) is 36.0 Å². The molecular formula is C13H18N2. The maximum atomic E-state index is 6.08. The molecule has 0 fully saturated rings. The van der Waals surface area contributed by atoms with Crippen LogP contribution in [0.3, 0.4) is 0 Å². The van der Waals surface area contributed by atoms with E-state index in [1.165, 1.54) is 16.5 Å².